The van der Waals surface area contributed by atoms with Crippen molar-refractivity contribution in [1.82, 2.24) is 9.47 Å². The Labute approximate surface area is 179 Å². The third-order valence-electron chi connectivity index (χ3n) is 5.26. The minimum Gasteiger partial charge on any atom is -0.444 e. The number of amides is 1. The Balaban J connectivity index is 1.80. The first-order valence-electron chi connectivity index (χ1n) is 9.69. The molecule has 1 fully saturated rings. The van der Waals surface area contributed by atoms with E-state index in [1.807, 2.05) is 57.2 Å². The van der Waals surface area contributed by atoms with Gasteiger partial charge in [-0.25, -0.2) is 4.79 Å². The van der Waals surface area contributed by atoms with Crippen molar-refractivity contribution >= 4 is 51.1 Å². The van der Waals surface area contributed by atoms with Gasteiger partial charge < -0.3 is 19.3 Å². The minimum atomic E-state index is -0.584. The summed E-state index contributed by atoms with van der Waals surface area (Å²) in [6.07, 6.45) is -0.466. The molecule has 0 radical (unpaired) electrons. The maximum atomic E-state index is 12.6. The maximum absolute atomic E-state index is 12.6. The quantitative estimate of drug-likeness (QED) is 0.538. The summed E-state index contributed by atoms with van der Waals surface area (Å²) >= 11 is 12.5. The van der Waals surface area contributed by atoms with Gasteiger partial charge in [0.05, 0.1) is 12.1 Å². The summed E-state index contributed by atoms with van der Waals surface area (Å²) in [4.78, 5) is 14.3. The standard InChI is InChI=1S/C22H24Cl2N2O3/c1-22(2,3)29-21(28)25-9-8-20(27)19(12-25)26-17-6-4-13(23)10-15(17)16-11-14(24)5-7-18(16)26/h4-7,10-11,19-20,27H,8-9,12H2,1-3H3. The fraction of sp³-hybridized carbons (Fsp3) is 0.409. The molecule has 4 rings (SSSR count). The number of hydrogen-bond acceptors (Lipinski definition) is 3. The lowest BCUT2D eigenvalue weighted by molar-refractivity contribution is -0.00417. The van der Waals surface area contributed by atoms with E-state index in [0.717, 1.165) is 21.8 Å². The zero-order valence-corrected chi connectivity index (χ0v) is 18.2. The lowest BCUT2D eigenvalue weighted by Gasteiger charge is -2.38. The zero-order valence-electron chi connectivity index (χ0n) is 16.7. The Morgan fingerprint density at radius 1 is 1.07 bits per heavy atom. The van der Waals surface area contributed by atoms with Gasteiger partial charge in [-0.05, 0) is 63.6 Å². The Morgan fingerprint density at radius 3 is 2.14 bits per heavy atom. The van der Waals surface area contributed by atoms with E-state index in [-0.39, 0.29) is 12.1 Å². The van der Waals surface area contributed by atoms with Gasteiger partial charge in [0.25, 0.3) is 0 Å². The van der Waals surface area contributed by atoms with Crippen LogP contribution in [0.25, 0.3) is 21.8 Å². The molecule has 2 heterocycles. The number of aliphatic hydroxyl groups excluding tert-OH is 1. The molecule has 0 bridgehead atoms. The van der Waals surface area contributed by atoms with Crippen LogP contribution < -0.4 is 0 Å². The monoisotopic (exact) mass is 434 g/mol. The van der Waals surface area contributed by atoms with Crippen molar-refractivity contribution in [2.45, 2.75) is 44.9 Å². The summed E-state index contributed by atoms with van der Waals surface area (Å²) in [5.41, 5.74) is 1.33. The Bertz CT molecular complexity index is 1030. The molecular weight excluding hydrogens is 411 g/mol. The van der Waals surface area contributed by atoms with Crippen LogP contribution in [-0.2, 0) is 4.74 Å². The number of fused-ring (bicyclic) bond motifs is 3. The van der Waals surface area contributed by atoms with E-state index >= 15 is 0 Å². The third kappa shape index (κ3) is 3.91. The number of aromatic nitrogens is 1. The Kier molecular flexibility index (Phi) is 5.18. The number of nitrogens with zero attached hydrogens (tertiary/aromatic N) is 2. The van der Waals surface area contributed by atoms with Crippen molar-refractivity contribution in [2.24, 2.45) is 0 Å². The number of likely N-dealkylation sites (tertiary alicyclic amines) is 1. The van der Waals surface area contributed by atoms with Crippen molar-refractivity contribution in [1.29, 1.82) is 0 Å². The molecule has 5 nitrogen and oxygen atoms in total. The van der Waals surface area contributed by atoms with Crippen LogP contribution in [0.1, 0.15) is 33.2 Å². The summed E-state index contributed by atoms with van der Waals surface area (Å²) in [7, 11) is 0. The van der Waals surface area contributed by atoms with E-state index in [0.29, 0.717) is 29.6 Å². The van der Waals surface area contributed by atoms with E-state index in [1.165, 1.54) is 0 Å². The first-order chi connectivity index (χ1) is 13.6. The van der Waals surface area contributed by atoms with Crippen LogP contribution in [0.2, 0.25) is 10.0 Å². The van der Waals surface area contributed by atoms with Gasteiger partial charge in [0, 0.05) is 44.9 Å². The molecule has 1 saturated heterocycles. The molecule has 1 amide bonds. The van der Waals surface area contributed by atoms with Crippen molar-refractivity contribution in [2.75, 3.05) is 13.1 Å². The smallest absolute Gasteiger partial charge is 0.410 e. The second-order valence-corrected chi connectivity index (χ2v) is 9.42. The number of hydrogen-bond donors (Lipinski definition) is 1. The lowest BCUT2D eigenvalue weighted by Crippen LogP contribution is -2.48. The van der Waals surface area contributed by atoms with E-state index in [2.05, 4.69) is 4.57 Å². The predicted molar refractivity (Wildman–Crippen MR) is 117 cm³/mol. The maximum Gasteiger partial charge on any atom is 0.410 e. The highest BCUT2D eigenvalue weighted by molar-refractivity contribution is 6.33. The van der Waals surface area contributed by atoms with Crippen LogP contribution in [0.4, 0.5) is 4.79 Å². The molecular formula is C22H24Cl2N2O3. The van der Waals surface area contributed by atoms with Gasteiger partial charge >= 0.3 is 6.09 Å². The van der Waals surface area contributed by atoms with Crippen molar-refractivity contribution in [3.05, 3.63) is 46.4 Å². The van der Waals surface area contributed by atoms with Crippen LogP contribution >= 0.6 is 23.2 Å². The highest BCUT2D eigenvalue weighted by Gasteiger charge is 2.35. The molecule has 2 atom stereocenters. The largest absolute Gasteiger partial charge is 0.444 e. The van der Waals surface area contributed by atoms with Gasteiger partial charge in [0.15, 0.2) is 0 Å². The molecule has 1 N–H and O–H groups in total. The Hall–Kier alpha value is -1.95. The number of piperidine rings is 1. The number of carbonyl (C=O) groups excluding carboxylic acids is 1. The average molecular weight is 435 g/mol. The van der Waals surface area contributed by atoms with Gasteiger partial charge in [0.2, 0.25) is 0 Å². The van der Waals surface area contributed by atoms with Gasteiger partial charge in [-0.1, -0.05) is 23.2 Å². The number of aliphatic hydroxyl groups is 1. The Morgan fingerprint density at radius 2 is 1.62 bits per heavy atom. The summed E-state index contributed by atoms with van der Waals surface area (Å²) < 4.78 is 7.64. The molecule has 29 heavy (non-hydrogen) atoms. The number of carbonyl (C=O) groups is 1. The van der Waals surface area contributed by atoms with Crippen LogP contribution in [0.3, 0.4) is 0 Å². The normalized spacial score (nSPS) is 20.4. The van der Waals surface area contributed by atoms with Gasteiger partial charge in [0.1, 0.15) is 5.60 Å². The average Bonchev–Trinajstić information content (AvgIpc) is 2.93. The number of halogens is 2. The molecule has 2 unspecified atom stereocenters. The van der Waals surface area contributed by atoms with Gasteiger partial charge in [-0.3, -0.25) is 0 Å². The highest BCUT2D eigenvalue weighted by Crippen LogP contribution is 2.37. The van der Waals surface area contributed by atoms with Crippen LogP contribution in [-0.4, -0.2) is 45.5 Å². The molecule has 1 aliphatic rings. The summed E-state index contributed by atoms with van der Waals surface area (Å²) in [6, 6.07) is 11.1. The van der Waals surface area contributed by atoms with Crippen LogP contribution in [0.5, 0.6) is 0 Å². The third-order valence-corrected chi connectivity index (χ3v) is 5.73. The van der Waals surface area contributed by atoms with E-state index in [9.17, 15) is 9.90 Å². The molecule has 154 valence electrons. The predicted octanol–water partition coefficient (Wildman–Crippen LogP) is 5.64. The fourth-order valence-electron chi connectivity index (χ4n) is 4.02. The molecule has 1 aliphatic heterocycles. The number of rotatable bonds is 1. The fourth-order valence-corrected chi connectivity index (χ4v) is 4.36. The summed E-state index contributed by atoms with van der Waals surface area (Å²) in [5, 5.41) is 14.1. The zero-order chi connectivity index (χ0) is 20.9. The van der Waals surface area contributed by atoms with Gasteiger partial charge in [-0.2, -0.15) is 0 Å². The molecule has 3 aromatic rings. The van der Waals surface area contributed by atoms with E-state index < -0.39 is 11.7 Å². The van der Waals surface area contributed by atoms with Crippen LogP contribution in [0.15, 0.2) is 36.4 Å². The molecule has 0 saturated carbocycles. The molecule has 2 aromatic carbocycles. The summed E-state index contributed by atoms with van der Waals surface area (Å²) in [6.45, 7) is 6.37. The van der Waals surface area contributed by atoms with Crippen molar-refractivity contribution in [3.63, 3.8) is 0 Å². The van der Waals surface area contributed by atoms with Crippen LogP contribution in [0, 0.1) is 0 Å². The first-order valence-corrected chi connectivity index (χ1v) is 10.4. The van der Waals surface area contributed by atoms with E-state index in [1.54, 1.807) is 4.90 Å². The summed E-state index contributed by atoms with van der Waals surface area (Å²) in [5.74, 6) is 0. The van der Waals surface area contributed by atoms with Crippen molar-refractivity contribution in [3.8, 4) is 0 Å². The molecule has 1 aromatic heterocycles. The van der Waals surface area contributed by atoms with Gasteiger partial charge in [-0.15, -0.1) is 0 Å². The SMILES string of the molecule is CC(C)(C)OC(=O)N1CCC(O)C(n2c3ccc(Cl)cc3c3cc(Cl)ccc32)C1. The lowest BCUT2D eigenvalue weighted by atomic mass is 10.0. The minimum absolute atomic E-state index is 0.307. The number of benzene rings is 2. The molecule has 0 aliphatic carbocycles. The molecule has 7 heteroatoms. The highest BCUT2D eigenvalue weighted by atomic mass is 35.5. The second-order valence-electron chi connectivity index (χ2n) is 8.54. The van der Waals surface area contributed by atoms with Crippen molar-refractivity contribution < 1.29 is 14.6 Å². The number of ether oxygens (including phenoxy) is 1. The molecule has 0 spiro atoms. The first kappa shape index (κ1) is 20.3. The topological polar surface area (TPSA) is 54.7 Å². The van der Waals surface area contributed by atoms with E-state index in [4.69, 9.17) is 27.9 Å². The second kappa shape index (κ2) is 7.38.